The summed E-state index contributed by atoms with van der Waals surface area (Å²) in [4.78, 5) is 22.5. The fourth-order valence-corrected chi connectivity index (χ4v) is 1.40. The molecule has 0 aliphatic heterocycles. The number of carbonyl (C=O) groups is 2. The highest BCUT2D eigenvalue weighted by Crippen LogP contribution is 2.05. The lowest BCUT2D eigenvalue weighted by Crippen LogP contribution is -2.35. The second-order valence-corrected chi connectivity index (χ2v) is 3.88. The van der Waals surface area contributed by atoms with Crippen LogP contribution in [-0.4, -0.2) is 37.4 Å². The van der Waals surface area contributed by atoms with Gasteiger partial charge in [-0.3, -0.25) is 0 Å². The van der Waals surface area contributed by atoms with Crippen LogP contribution in [0.1, 0.15) is 22.3 Å². The maximum atomic E-state index is 11.3. The Balaban J connectivity index is 2.37. The molecule has 0 fully saturated rings. The summed E-state index contributed by atoms with van der Waals surface area (Å²) >= 11 is 0. The molecule has 0 unspecified atom stereocenters. The molecule has 104 valence electrons. The van der Waals surface area contributed by atoms with E-state index in [9.17, 15) is 9.59 Å². The molecule has 0 spiro atoms. The molecular weight excluding hydrogens is 248 g/mol. The van der Waals surface area contributed by atoms with Gasteiger partial charge in [0.15, 0.2) is 0 Å². The summed E-state index contributed by atoms with van der Waals surface area (Å²) in [6, 6.07) is 6.50. The van der Waals surface area contributed by atoms with Gasteiger partial charge in [-0.2, -0.15) is 0 Å². The third-order valence-electron chi connectivity index (χ3n) is 2.45. The Kier molecular flexibility index (Phi) is 6.38. The number of carbonyl (C=O) groups excluding carboxylic acids is 2. The van der Waals surface area contributed by atoms with Crippen molar-refractivity contribution in [3.8, 4) is 0 Å². The van der Waals surface area contributed by atoms with E-state index in [0.717, 1.165) is 5.56 Å². The number of rotatable bonds is 6. The van der Waals surface area contributed by atoms with Crippen molar-refractivity contribution >= 4 is 12.0 Å². The lowest BCUT2D eigenvalue weighted by atomic mass is 10.1. The molecule has 0 saturated heterocycles. The van der Waals surface area contributed by atoms with Gasteiger partial charge in [-0.05, 0) is 24.1 Å². The van der Waals surface area contributed by atoms with Crippen LogP contribution in [0.15, 0.2) is 24.3 Å². The molecule has 0 bridgehead atoms. The molecular formula is C13H18N2O4. The Morgan fingerprint density at radius 3 is 2.47 bits per heavy atom. The SMILES string of the molecule is COC(=O)c1ccc(CNC(=O)NCCCO)cc1. The third kappa shape index (κ3) is 5.39. The van der Waals surface area contributed by atoms with Gasteiger partial charge in [0.25, 0.3) is 0 Å². The van der Waals surface area contributed by atoms with Crippen LogP contribution in [0, 0.1) is 0 Å². The number of aliphatic hydroxyl groups is 1. The van der Waals surface area contributed by atoms with Gasteiger partial charge in [0.05, 0.1) is 12.7 Å². The van der Waals surface area contributed by atoms with Gasteiger partial charge in [0.2, 0.25) is 0 Å². The van der Waals surface area contributed by atoms with Crippen LogP contribution < -0.4 is 10.6 Å². The van der Waals surface area contributed by atoms with E-state index in [0.29, 0.717) is 25.1 Å². The fraction of sp³-hybridized carbons (Fsp3) is 0.385. The van der Waals surface area contributed by atoms with Crippen molar-refractivity contribution in [3.05, 3.63) is 35.4 Å². The Hall–Kier alpha value is -2.08. The van der Waals surface area contributed by atoms with E-state index < -0.39 is 0 Å². The zero-order chi connectivity index (χ0) is 14.1. The number of nitrogens with one attached hydrogen (secondary N) is 2. The van der Waals surface area contributed by atoms with Gasteiger partial charge >= 0.3 is 12.0 Å². The number of esters is 1. The second kappa shape index (κ2) is 8.10. The van der Waals surface area contributed by atoms with Crippen molar-refractivity contribution in [1.82, 2.24) is 10.6 Å². The largest absolute Gasteiger partial charge is 0.465 e. The van der Waals surface area contributed by atoms with Crippen LogP contribution in [-0.2, 0) is 11.3 Å². The number of aliphatic hydroxyl groups excluding tert-OH is 1. The van der Waals surface area contributed by atoms with Crippen LogP contribution in [0.4, 0.5) is 4.79 Å². The van der Waals surface area contributed by atoms with Gasteiger partial charge in [-0.25, -0.2) is 9.59 Å². The first-order chi connectivity index (χ1) is 9.17. The first-order valence-corrected chi connectivity index (χ1v) is 5.97. The van der Waals surface area contributed by atoms with Crippen LogP contribution in [0.5, 0.6) is 0 Å². The number of amides is 2. The fourth-order valence-electron chi connectivity index (χ4n) is 1.40. The zero-order valence-corrected chi connectivity index (χ0v) is 10.8. The number of hydrogen-bond donors (Lipinski definition) is 3. The summed E-state index contributed by atoms with van der Waals surface area (Å²) in [5.74, 6) is -0.388. The molecule has 0 heterocycles. The number of urea groups is 1. The summed E-state index contributed by atoms with van der Waals surface area (Å²) in [5, 5.41) is 13.8. The highest BCUT2D eigenvalue weighted by molar-refractivity contribution is 5.89. The van der Waals surface area contributed by atoms with E-state index >= 15 is 0 Å². The Morgan fingerprint density at radius 1 is 1.21 bits per heavy atom. The predicted molar refractivity (Wildman–Crippen MR) is 69.7 cm³/mol. The maximum Gasteiger partial charge on any atom is 0.337 e. The molecule has 19 heavy (non-hydrogen) atoms. The van der Waals surface area contributed by atoms with Crippen molar-refractivity contribution in [3.63, 3.8) is 0 Å². The van der Waals surface area contributed by atoms with Crippen LogP contribution in [0.25, 0.3) is 0 Å². The van der Waals surface area contributed by atoms with E-state index in [1.54, 1.807) is 24.3 Å². The average molecular weight is 266 g/mol. The highest BCUT2D eigenvalue weighted by Gasteiger charge is 2.04. The Morgan fingerprint density at radius 2 is 1.89 bits per heavy atom. The van der Waals surface area contributed by atoms with Gasteiger partial charge < -0.3 is 20.5 Å². The van der Waals surface area contributed by atoms with Gasteiger partial charge in [-0.15, -0.1) is 0 Å². The van der Waals surface area contributed by atoms with Crippen LogP contribution >= 0.6 is 0 Å². The molecule has 0 aliphatic carbocycles. The van der Waals surface area contributed by atoms with E-state index in [1.165, 1.54) is 7.11 Å². The molecule has 0 aliphatic rings. The molecule has 0 atom stereocenters. The second-order valence-electron chi connectivity index (χ2n) is 3.88. The van der Waals surface area contributed by atoms with E-state index in [-0.39, 0.29) is 18.6 Å². The van der Waals surface area contributed by atoms with Gasteiger partial charge in [-0.1, -0.05) is 12.1 Å². The van der Waals surface area contributed by atoms with Crippen LogP contribution in [0.3, 0.4) is 0 Å². The maximum absolute atomic E-state index is 11.3. The normalized spacial score (nSPS) is 9.79. The molecule has 2 amide bonds. The van der Waals surface area contributed by atoms with E-state index in [4.69, 9.17) is 5.11 Å². The standard InChI is InChI=1S/C13H18N2O4/c1-19-12(17)11-5-3-10(4-6-11)9-15-13(18)14-7-2-8-16/h3-6,16H,2,7-9H2,1H3,(H2,14,15,18). The first kappa shape index (κ1) is 15.0. The summed E-state index contributed by atoms with van der Waals surface area (Å²) < 4.78 is 4.59. The number of ether oxygens (including phenoxy) is 1. The van der Waals surface area contributed by atoms with Crippen molar-refractivity contribution in [2.24, 2.45) is 0 Å². The van der Waals surface area contributed by atoms with Crippen LogP contribution in [0.2, 0.25) is 0 Å². The zero-order valence-electron chi connectivity index (χ0n) is 10.8. The van der Waals surface area contributed by atoms with E-state index in [2.05, 4.69) is 15.4 Å². The molecule has 0 radical (unpaired) electrons. The molecule has 6 nitrogen and oxygen atoms in total. The quantitative estimate of drug-likeness (QED) is 0.521. The minimum absolute atomic E-state index is 0.0509. The molecule has 0 saturated carbocycles. The average Bonchev–Trinajstić information content (AvgIpc) is 2.45. The van der Waals surface area contributed by atoms with Crippen molar-refractivity contribution in [1.29, 1.82) is 0 Å². The highest BCUT2D eigenvalue weighted by atomic mass is 16.5. The smallest absolute Gasteiger partial charge is 0.337 e. The number of hydrogen-bond acceptors (Lipinski definition) is 4. The predicted octanol–water partition coefficient (Wildman–Crippen LogP) is 0.655. The summed E-state index contributed by atoms with van der Waals surface area (Å²) in [5.41, 5.74) is 1.35. The van der Waals surface area contributed by atoms with E-state index in [1.807, 2.05) is 0 Å². The number of methoxy groups -OCH3 is 1. The monoisotopic (exact) mass is 266 g/mol. The van der Waals surface area contributed by atoms with Gasteiger partial charge in [0.1, 0.15) is 0 Å². The number of benzene rings is 1. The Labute approximate surface area is 111 Å². The molecule has 1 aromatic rings. The van der Waals surface area contributed by atoms with Crippen molar-refractivity contribution in [2.45, 2.75) is 13.0 Å². The lowest BCUT2D eigenvalue weighted by molar-refractivity contribution is 0.0600. The molecule has 0 aromatic heterocycles. The topological polar surface area (TPSA) is 87.7 Å². The molecule has 3 N–H and O–H groups in total. The molecule has 1 aromatic carbocycles. The lowest BCUT2D eigenvalue weighted by Gasteiger charge is -2.07. The molecule has 6 heteroatoms. The summed E-state index contributed by atoms with van der Waals surface area (Å²) in [6.07, 6.45) is 0.529. The third-order valence-corrected chi connectivity index (χ3v) is 2.45. The minimum atomic E-state index is -0.388. The van der Waals surface area contributed by atoms with Crippen molar-refractivity contribution in [2.75, 3.05) is 20.3 Å². The summed E-state index contributed by atoms with van der Waals surface area (Å²) in [7, 11) is 1.33. The first-order valence-electron chi connectivity index (χ1n) is 5.97. The van der Waals surface area contributed by atoms with Crippen molar-refractivity contribution < 1.29 is 19.4 Å². The minimum Gasteiger partial charge on any atom is -0.465 e. The molecule has 1 rings (SSSR count). The van der Waals surface area contributed by atoms with Gasteiger partial charge in [0, 0.05) is 19.7 Å². The Bertz CT molecular complexity index is 417. The summed E-state index contributed by atoms with van der Waals surface area (Å²) in [6.45, 7) is 0.852.